The summed E-state index contributed by atoms with van der Waals surface area (Å²) in [6.07, 6.45) is 0. The van der Waals surface area contributed by atoms with Crippen LogP contribution in [0.1, 0.15) is 33.4 Å². The molecule has 73 heavy (non-hydrogen) atoms. The van der Waals surface area contributed by atoms with Crippen LogP contribution in [-0.4, -0.2) is 143 Å². The van der Waals surface area contributed by atoms with Gasteiger partial charge >= 0.3 is 37.7 Å². The van der Waals surface area contributed by atoms with Crippen LogP contribution in [0.15, 0.2) is 143 Å². The molecule has 0 unspecified atom stereocenters. The molecule has 0 amide bonds. The topological polar surface area (TPSA) is 210 Å². The van der Waals surface area contributed by atoms with E-state index in [1.165, 1.54) is 36.8 Å². The van der Waals surface area contributed by atoms with E-state index >= 15 is 0 Å². The van der Waals surface area contributed by atoms with Crippen molar-refractivity contribution in [2.24, 2.45) is 0 Å². The van der Waals surface area contributed by atoms with Crippen LogP contribution in [0.25, 0.3) is 22.3 Å². The van der Waals surface area contributed by atoms with Crippen molar-refractivity contribution >= 4 is 69.7 Å². The summed E-state index contributed by atoms with van der Waals surface area (Å²) in [5.74, 6) is -1.22. The molecule has 0 spiro atoms. The molecule has 380 valence electrons. The van der Waals surface area contributed by atoms with Crippen LogP contribution in [0.5, 0.6) is 11.5 Å². The van der Waals surface area contributed by atoms with Crippen LogP contribution in [0, 0.1) is 13.8 Å². The van der Waals surface area contributed by atoms with Gasteiger partial charge in [-0.1, -0.05) is 72.8 Å². The summed E-state index contributed by atoms with van der Waals surface area (Å²) in [5, 5.41) is 21.6. The normalized spacial score (nSPS) is 14.7. The number of carboxylic acid groups (broad SMARTS) is 2. The number of benzene rings is 6. The van der Waals surface area contributed by atoms with Gasteiger partial charge < -0.3 is 48.2 Å². The monoisotopic (exact) mass is 1060 g/mol. The van der Waals surface area contributed by atoms with Crippen LogP contribution in [-0.2, 0) is 73.0 Å². The Morgan fingerprint density at radius 3 is 1.18 bits per heavy atom. The first-order valence-electron chi connectivity index (χ1n) is 22.8. The van der Waals surface area contributed by atoms with Gasteiger partial charge in [0.05, 0.1) is 61.4 Å². The van der Waals surface area contributed by atoms with Crippen LogP contribution < -0.4 is 19.7 Å². The van der Waals surface area contributed by atoms with Crippen LogP contribution in [0.3, 0.4) is 0 Å². The van der Waals surface area contributed by atoms with E-state index in [1.54, 1.807) is 24.3 Å². The van der Waals surface area contributed by atoms with Gasteiger partial charge in [-0.25, -0.2) is 25.4 Å². The molecule has 2 fully saturated rings. The molecule has 0 N–H and O–H groups in total. The van der Waals surface area contributed by atoms with E-state index in [4.69, 9.17) is 28.4 Å². The van der Waals surface area contributed by atoms with Crippen molar-refractivity contribution in [3.8, 4) is 33.8 Å². The number of carbonyl (C=O) groups is 2. The minimum Gasteiger partial charge on any atom is -0.548 e. The van der Waals surface area contributed by atoms with Gasteiger partial charge in [0.2, 0.25) is 20.0 Å². The van der Waals surface area contributed by atoms with Gasteiger partial charge in [-0.05, 0) is 130 Å². The molecule has 6 aromatic carbocycles. The number of aliphatic carboxylic acids is 2. The van der Waals surface area contributed by atoms with Crippen molar-refractivity contribution in [2.45, 2.75) is 48.1 Å². The maximum absolute atomic E-state index is 12.4. The van der Waals surface area contributed by atoms with Crippen molar-refractivity contribution in [3.63, 3.8) is 0 Å². The summed E-state index contributed by atoms with van der Waals surface area (Å²) < 4.78 is 85.6. The van der Waals surface area contributed by atoms with Crippen molar-refractivity contribution in [1.82, 2.24) is 8.61 Å². The molecule has 0 bridgehead atoms. The third kappa shape index (κ3) is 13.7. The third-order valence-electron chi connectivity index (χ3n) is 12.3. The number of carbonyl (C=O) groups excluding carboxylic acids is 2. The van der Waals surface area contributed by atoms with Gasteiger partial charge in [0.25, 0.3) is 0 Å². The smallest absolute Gasteiger partial charge is 0.548 e. The maximum Gasteiger partial charge on any atom is 2.00 e. The minimum atomic E-state index is -3.49. The second-order valence-electron chi connectivity index (χ2n) is 17.9. The number of hydrogen-bond donors (Lipinski definition) is 0. The summed E-state index contributed by atoms with van der Waals surface area (Å²) in [6, 6.07) is 40.7. The predicted molar refractivity (Wildman–Crippen MR) is 269 cm³/mol. The molecular weight excluding hydrogens is 1000 g/mol. The van der Waals surface area contributed by atoms with Gasteiger partial charge in [-0.3, -0.25) is 0 Å². The molecule has 0 saturated carbocycles. The quantitative estimate of drug-likeness (QED) is 0.0959. The van der Waals surface area contributed by atoms with E-state index in [0.29, 0.717) is 24.7 Å². The molecule has 0 radical (unpaired) electrons. The Labute approximate surface area is 456 Å². The van der Waals surface area contributed by atoms with Crippen LogP contribution in [0.2, 0.25) is 0 Å². The Bertz CT molecular complexity index is 2910. The SMILES string of the molecule is Cc1cc(S(=O)(=O)N(C)C)ccc1-c1cccc(COc2ccc(C3(OCC(=O)[O-])COC3)cc2)c1.Cc1cc(S(=O)(=O)N(C)C)ccc1-c1cccc(COc2ccc(C3(OCC(=O)[O-])COC3)cc2)c1.[Ca+2]. The van der Waals surface area contributed by atoms with E-state index < -0.39 is 56.4 Å². The van der Waals surface area contributed by atoms with Crippen molar-refractivity contribution in [2.75, 3.05) is 67.8 Å². The van der Waals surface area contributed by atoms with Gasteiger partial charge in [-0.15, -0.1) is 0 Å². The fourth-order valence-electron chi connectivity index (χ4n) is 8.00. The zero-order chi connectivity index (χ0) is 51.8. The van der Waals surface area contributed by atoms with Crippen LogP contribution in [0.4, 0.5) is 0 Å². The van der Waals surface area contributed by atoms with E-state index in [0.717, 1.165) is 55.6 Å². The Morgan fingerprint density at radius 2 is 0.890 bits per heavy atom. The number of rotatable bonds is 20. The zero-order valence-corrected chi connectivity index (χ0v) is 45.3. The summed E-state index contributed by atoms with van der Waals surface area (Å²) in [6.45, 7) is 4.63. The third-order valence-corrected chi connectivity index (χ3v) is 15.9. The fraction of sp³-hybridized carbons (Fsp3) is 0.296. The van der Waals surface area contributed by atoms with Gasteiger partial charge in [-0.2, -0.15) is 0 Å². The molecule has 2 aliphatic heterocycles. The number of aryl methyl sites for hydroxylation is 2. The summed E-state index contributed by atoms with van der Waals surface area (Å²) in [4.78, 5) is 22.1. The maximum atomic E-state index is 12.4. The Morgan fingerprint density at radius 1 is 0.534 bits per heavy atom. The molecule has 8 rings (SSSR count). The Kier molecular flexibility index (Phi) is 19.1. The second kappa shape index (κ2) is 24.4. The minimum absolute atomic E-state index is 0. The fourth-order valence-corrected chi connectivity index (χ4v) is 9.97. The largest absolute Gasteiger partial charge is 2.00 e. The molecule has 2 saturated heterocycles. The Balaban J connectivity index is 0.000000235. The standard InChI is InChI=1S/2C27H29NO7S.Ca/c2*1-19-13-24(36(31,32)28(2)3)11-12-25(19)21-6-4-5-20(14-21)15-34-23-9-7-22(8-10-23)27(17-33-18-27)35-16-26(29)30;/h2*4-14H,15-18H2,1-3H3,(H,29,30);/q;;+2/p-2. The van der Waals surface area contributed by atoms with E-state index in [2.05, 4.69) is 0 Å². The van der Waals surface area contributed by atoms with Crippen molar-refractivity contribution in [1.29, 1.82) is 0 Å². The number of sulfonamides is 2. The Hall–Kier alpha value is -5.22. The number of hydrogen-bond acceptors (Lipinski definition) is 14. The van der Waals surface area contributed by atoms with Gasteiger partial charge in [0.1, 0.15) is 35.9 Å². The summed E-state index contributed by atoms with van der Waals surface area (Å²) in [5.41, 5.74) is 7.57. The van der Waals surface area contributed by atoms with Crippen molar-refractivity contribution < 1.29 is 65.1 Å². The average molecular weight is 1060 g/mol. The number of carboxylic acids is 2. The molecule has 0 aromatic heterocycles. The molecule has 19 heteroatoms. The molecule has 2 heterocycles. The molecule has 16 nitrogen and oxygen atoms in total. The van der Waals surface area contributed by atoms with E-state index in [-0.39, 0.29) is 74.0 Å². The first kappa shape index (κ1) is 57.1. The number of ether oxygens (including phenoxy) is 6. The number of nitrogens with zero attached hydrogens (tertiary/aromatic N) is 2. The van der Waals surface area contributed by atoms with Crippen LogP contribution >= 0.6 is 0 Å². The van der Waals surface area contributed by atoms with E-state index in [1.807, 2.05) is 123 Å². The van der Waals surface area contributed by atoms with E-state index in [9.17, 15) is 36.6 Å². The van der Waals surface area contributed by atoms with Crippen molar-refractivity contribution in [3.05, 3.63) is 167 Å². The molecule has 0 atom stereocenters. The molecule has 2 aliphatic rings. The predicted octanol–water partition coefficient (Wildman–Crippen LogP) is 4.59. The van der Waals surface area contributed by atoms with Gasteiger partial charge in [0.15, 0.2) is 0 Å². The summed E-state index contributed by atoms with van der Waals surface area (Å²) in [7, 11) is -0.931. The molecule has 6 aromatic rings. The first-order chi connectivity index (χ1) is 34.2. The van der Waals surface area contributed by atoms with Gasteiger partial charge in [0, 0.05) is 28.2 Å². The zero-order valence-electron chi connectivity index (χ0n) is 41.5. The second-order valence-corrected chi connectivity index (χ2v) is 22.2. The molecular formula is C54H56CaN2O14S2. The average Bonchev–Trinajstić information content (AvgIpc) is 3.32. The summed E-state index contributed by atoms with van der Waals surface area (Å²) >= 11 is 0. The first-order valence-corrected chi connectivity index (χ1v) is 25.6. The molecule has 0 aliphatic carbocycles.